The summed E-state index contributed by atoms with van der Waals surface area (Å²) >= 11 is 2.15. The molecule has 0 saturated carbocycles. The van der Waals surface area contributed by atoms with Gasteiger partial charge in [0.05, 0.1) is 12.2 Å². The van der Waals surface area contributed by atoms with Crippen LogP contribution in [-0.4, -0.2) is 17.5 Å². The first kappa shape index (κ1) is 14.8. The normalized spacial score (nSPS) is 10.1. The summed E-state index contributed by atoms with van der Waals surface area (Å²) in [5.74, 6) is 0.472. The Bertz CT molecular complexity index is 602. The van der Waals surface area contributed by atoms with E-state index >= 15 is 0 Å². The minimum absolute atomic E-state index is 0.0960. The molecule has 0 aliphatic rings. The number of rotatable bonds is 5. The highest BCUT2D eigenvalue weighted by atomic mass is 127. The van der Waals surface area contributed by atoms with Crippen LogP contribution in [0.3, 0.4) is 0 Å². The average Bonchev–Trinajstić information content (AvgIpc) is 2.47. The van der Waals surface area contributed by atoms with Gasteiger partial charge in [0.25, 0.3) is 5.91 Å². The van der Waals surface area contributed by atoms with Crippen molar-refractivity contribution in [1.82, 2.24) is 10.3 Å². The van der Waals surface area contributed by atoms with E-state index in [1.54, 1.807) is 6.20 Å². The van der Waals surface area contributed by atoms with E-state index in [4.69, 9.17) is 4.74 Å². The van der Waals surface area contributed by atoms with Gasteiger partial charge in [0, 0.05) is 21.9 Å². The fraction of sp³-hybridized carbons (Fsp3) is 0.200. The van der Waals surface area contributed by atoms with Crippen LogP contribution in [0.4, 0.5) is 0 Å². The van der Waals surface area contributed by atoms with Gasteiger partial charge in [-0.3, -0.25) is 4.79 Å². The van der Waals surface area contributed by atoms with Crippen molar-refractivity contribution in [3.63, 3.8) is 0 Å². The molecule has 20 heavy (non-hydrogen) atoms. The Morgan fingerprint density at radius 3 is 2.85 bits per heavy atom. The van der Waals surface area contributed by atoms with Crippen molar-refractivity contribution in [1.29, 1.82) is 0 Å². The molecule has 0 radical (unpaired) electrons. The van der Waals surface area contributed by atoms with Crippen molar-refractivity contribution in [2.45, 2.75) is 13.5 Å². The molecule has 2 aromatic rings. The van der Waals surface area contributed by atoms with Crippen molar-refractivity contribution in [3.05, 3.63) is 57.3 Å². The average molecular weight is 382 g/mol. The quantitative estimate of drug-likeness (QED) is 0.809. The van der Waals surface area contributed by atoms with Crippen LogP contribution in [0.15, 0.2) is 42.6 Å². The van der Waals surface area contributed by atoms with Crippen LogP contribution >= 0.6 is 22.6 Å². The summed E-state index contributed by atoms with van der Waals surface area (Å²) in [6.07, 6.45) is 1.68. The van der Waals surface area contributed by atoms with Crippen molar-refractivity contribution in [3.8, 4) is 5.88 Å². The third kappa shape index (κ3) is 3.69. The second-order valence-corrected chi connectivity index (χ2v) is 5.23. The lowest BCUT2D eigenvalue weighted by atomic mass is 10.2. The minimum Gasteiger partial charge on any atom is -0.478 e. The molecule has 0 aliphatic carbocycles. The monoisotopic (exact) mass is 382 g/mol. The van der Waals surface area contributed by atoms with Gasteiger partial charge < -0.3 is 10.1 Å². The predicted molar refractivity (Wildman–Crippen MR) is 85.7 cm³/mol. The number of nitrogens with one attached hydrogen (secondary N) is 1. The molecule has 1 heterocycles. The van der Waals surface area contributed by atoms with E-state index in [0.717, 1.165) is 9.13 Å². The van der Waals surface area contributed by atoms with Crippen LogP contribution in [0.5, 0.6) is 5.88 Å². The van der Waals surface area contributed by atoms with E-state index in [1.165, 1.54) is 0 Å². The first-order valence-corrected chi connectivity index (χ1v) is 7.39. The summed E-state index contributed by atoms with van der Waals surface area (Å²) < 4.78 is 6.36. The first-order valence-electron chi connectivity index (χ1n) is 6.31. The molecular formula is C15H15IN2O2. The third-order valence-electron chi connectivity index (χ3n) is 2.69. The Labute approximate surface area is 131 Å². The minimum atomic E-state index is -0.0960. The van der Waals surface area contributed by atoms with Crippen molar-refractivity contribution in [2.75, 3.05) is 6.61 Å². The van der Waals surface area contributed by atoms with Gasteiger partial charge in [-0.25, -0.2) is 4.98 Å². The van der Waals surface area contributed by atoms with E-state index in [9.17, 15) is 4.79 Å². The number of hydrogen-bond donors (Lipinski definition) is 1. The van der Waals surface area contributed by atoms with Crippen LogP contribution in [0.25, 0.3) is 0 Å². The molecule has 0 unspecified atom stereocenters. The van der Waals surface area contributed by atoms with Crippen molar-refractivity contribution in [2.24, 2.45) is 0 Å². The molecule has 0 fully saturated rings. The summed E-state index contributed by atoms with van der Waals surface area (Å²) in [5, 5.41) is 2.89. The molecule has 5 heteroatoms. The van der Waals surface area contributed by atoms with E-state index < -0.39 is 0 Å². The zero-order chi connectivity index (χ0) is 14.4. The SMILES string of the molecule is CCOc1ncccc1CNC(=O)c1ccccc1I. The van der Waals surface area contributed by atoms with Gasteiger partial charge in [-0.15, -0.1) is 0 Å². The first-order chi connectivity index (χ1) is 9.72. The van der Waals surface area contributed by atoms with Gasteiger partial charge in [-0.1, -0.05) is 18.2 Å². The Morgan fingerprint density at radius 1 is 1.30 bits per heavy atom. The number of ether oxygens (including phenoxy) is 1. The van der Waals surface area contributed by atoms with Crippen LogP contribution in [0.1, 0.15) is 22.8 Å². The smallest absolute Gasteiger partial charge is 0.252 e. The molecule has 1 aromatic heterocycles. The molecule has 0 atom stereocenters. The summed E-state index contributed by atoms with van der Waals surface area (Å²) in [7, 11) is 0. The summed E-state index contributed by atoms with van der Waals surface area (Å²) in [5.41, 5.74) is 1.54. The zero-order valence-electron chi connectivity index (χ0n) is 11.1. The molecule has 0 saturated heterocycles. The van der Waals surface area contributed by atoms with Crippen LogP contribution < -0.4 is 10.1 Å². The Balaban J connectivity index is 2.06. The second-order valence-electron chi connectivity index (χ2n) is 4.06. The fourth-order valence-electron chi connectivity index (χ4n) is 1.74. The number of nitrogens with zero attached hydrogens (tertiary/aromatic N) is 1. The lowest BCUT2D eigenvalue weighted by Gasteiger charge is -2.10. The number of halogens is 1. The number of aromatic nitrogens is 1. The van der Waals surface area contributed by atoms with Crippen LogP contribution in [0.2, 0.25) is 0 Å². The number of pyridine rings is 1. The summed E-state index contributed by atoms with van der Waals surface area (Å²) in [6, 6.07) is 11.2. The number of carbonyl (C=O) groups is 1. The fourth-order valence-corrected chi connectivity index (χ4v) is 2.37. The standard InChI is InChI=1S/C15H15IN2O2/c1-2-20-15-11(6-5-9-17-15)10-18-14(19)12-7-3-4-8-13(12)16/h3-9H,2,10H2,1H3,(H,18,19). The van der Waals surface area contributed by atoms with E-state index in [0.29, 0.717) is 24.6 Å². The maximum Gasteiger partial charge on any atom is 0.252 e. The van der Waals surface area contributed by atoms with Gasteiger partial charge in [0.1, 0.15) is 0 Å². The molecule has 0 spiro atoms. The molecule has 2 rings (SSSR count). The molecule has 0 aliphatic heterocycles. The van der Waals surface area contributed by atoms with Crippen LogP contribution in [-0.2, 0) is 6.54 Å². The molecule has 4 nitrogen and oxygen atoms in total. The van der Waals surface area contributed by atoms with Gasteiger partial charge in [0.15, 0.2) is 0 Å². The van der Waals surface area contributed by atoms with Gasteiger partial charge in [0.2, 0.25) is 5.88 Å². The topological polar surface area (TPSA) is 51.2 Å². The second kappa shape index (κ2) is 7.23. The highest BCUT2D eigenvalue weighted by molar-refractivity contribution is 14.1. The zero-order valence-corrected chi connectivity index (χ0v) is 13.3. The number of carbonyl (C=O) groups excluding carboxylic acids is 1. The highest BCUT2D eigenvalue weighted by Gasteiger charge is 2.10. The lowest BCUT2D eigenvalue weighted by Crippen LogP contribution is -2.24. The maximum atomic E-state index is 12.1. The van der Waals surface area contributed by atoms with E-state index in [-0.39, 0.29) is 5.91 Å². The molecule has 1 aromatic carbocycles. The van der Waals surface area contributed by atoms with Crippen molar-refractivity contribution < 1.29 is 9.53 Å². The number of benzene rings is 1. The molecule has 1 amide bonds. The Morgan fingerprint density at radius 2 is 2.10 bits per heavy atom. The lowest BCUT2D eigenvalue weighted by molar-refractivity contribution is 0.0949. The Kier molecular flexibility index (Phi) is 5.34. The predicted octanol–water partition coefficient (Wildman–Crippen LogP) is 3.01. The molecule has 104 valence electrons. The Hall–Kier alpha value is -1.63. The molecular weight excluding hydrogens is 367 g/mol. The molecule has 0 bridgehead atoms. The van der Waals surface area contributed by atoms with E-state index in [1.807, 2.05) is 43.3 Å². The summed E-state index contributed by atoms with van der Waals surface area (Å²) in [4.78, 5) is 16.3. The van der Waals surface area contributed by atoms with Crippen LogP contribution in [0, 0.1) is 3.57 Å². The van der Waals surface area contributed by atoms with Gasteiger partial charge >= 0.3 is 0 Å². The van der Waals surface area contributed by atoms with Gasteiger partial charge in [-0.2, -0.15) is 0 Å². The van der Waals surface area contributed by atoms with E-state index in [2.05, 4.69) is 32.9 Å². The maximum absolute atomic E-state index is 12.1. The third-order valence-corrected chi connectivity index (χ3v) is 3.63. The largest absolute Gasteiger partial charge is 0.478 e. The number of hydrogen-bond acceptors (Lipinski definition) is 3. The highest BCUT2D eigenvalue weighted by Crippen LogP contribution is 2.15. The number of amides is 1. The summed E-state index contributed by atoms with van der Waals surface area (Å²) in [6.45, 7) is 2.85. The molecule has 1 N–H and O–H groups in total. The van der Waals surface area contributed by atoms with Gasteiger partial charge in [-0.05, 0) is 47.7 Å². The van der Waals surface area contributed by atoms with Crippen molar-refractivity contribution >= 4 is 28.5 Å².